The van der Waals surface area contributed by atoms with Gasteiger partial charge in [0.1, 0.15) is 12.2 Å². The monoisotopic (exact) mass is 519 g/mol. The number of nitrogens with one attached hydrogen (secondary N) is 1. The van der Waals surface area contributed by atoms with E-state index in [4.69, 9.17) is 11.6 Å². The summed E-state index contributed by atoms with van der Waals surface area (Å²) >= 11 is 5.99. The number of halogens is 4. The van der Waals surface area contributed by atoms with E-state index < -0.39 is 17.8 Å². The number of amides is 2. The molecule has 6 nitrogen and oxygen atoms in total. The first-order chi connectivity index (χ1) is 17.1. The predicted molar refractivity (Wildman–Crippen MR) is 132 cm³/mol. The molecule has 1 aliphatic rings. The Kier molecular flexibility index (Phi) is 7.59. The summed E-state index contributed by atoms with van der Waals surface area (Å²) in [4.78, 5) is 19.6. The van der Waals surface area contributed by atoms with Crippen LogP contribution in [0.2, 0.25) is 5.02 Å². The molecule has 1 aliphatic heterocycles. The average molecular weight is 520 g/mol. The fourth-order valence-corrected chi connectivity index (χ4v) is 5.12. The van der Waals surface area contributed by atoms with E-state index >= 15 is 0 Å². The van der Waals surface area contributed by atoms with Gasteiger partial charge in [-0.25, -0.2) is 14.5 Å². The van der Waals surface area contributed by atoms with E-state index in [2.05, 4.69) is 15.4 Å². The lowest BCUT2D eigenvalue weighted by molar-refractivity contribution is -0.137. The van der Waals surface area contributed by atoms with Crippen molar-refractivity contribution in [2.24, 2.45) is 0 Å². The number of urea groups is 1. The van der Waals surface area contributed by atoms with Crippen molar-refractivity contribution in [1.29, 1.82) is 0 Å². The molecule has 3 aromatic rings. The third-order valence-electron chi connectivity index (χ3n) is 6.68. The lowest BCUT2D eigenvalue weighted by Crippen LogP contribution is -2.42. The Bertz CT molecular complexity index is 1200. The summed E-state index contributed by atoms with van der Waals surface area (Å²) < 4.78 is 41.5. The molecule has 10 heteroatoms. The van der Waals surface area contributed by atoms with Crippen molar-refractivity contribution >= 4 is 17.6 Å². The van der Waals surface area contributed by atoms with Crippen molar-refractivity contribution in [2.75, 3.05) is 6.54 Å². The third kappa shape index (κ3) is 5.51. The highest BCUT2D eigenvalue weighted by Crippen LogP contribution is 2.35. The van der Waals surface area contributed by atoms with Crippen LogP contribution >= 0.6 is 11.6 Å². The zero-order valence-corrected chi connectivity index (χ0v) is 21.2. The Hall–Kier alpha value is -3.07. The molecule has 0 bridgehead atoms. The summed E-state index contributed by atoms with van der Waals surface area (Å²) in [7, 11) is 0. The van der Waals surface area contributed by atoms with Crippen molar-refractivity contribution in [3.05, 3.63) is 81.4 Å². The SMILES string of the molecule is CC[C@H](NC(=O)N1CCCC1c1ncnn1Cc1ccc(Cl)cc1)c1c(C)cc(C(F)(F)F)cc1C. The molecule has 1 fully saturated rings. The molecule has 1 N–H and O–H groups in total. The Balaban J connectivity index is 1.53. The Morgan fingerprint density at radius 1 is 1.19 bits per heavy atom. The highest BCUT2D eigenvalue weighted by Gasteiger charge is 2.35. The van der Waals surface area contributed by atoms with Gasteiger partial charge in [0.2, 0.25) is 0 Å². The molecule has 0 saturated carbocycles. The zero-order valence-electron chi connectivity index (χ0n) is 20.4. The summed E-state index contributed by atoms with van der Waals surface area (Å²) in [6.07, 6.45) is -0.805. The lowest BCUT2D eigenvalue weighted by atomic mass is 9.92. The summed E-state index contributed by atoms with van der Waals surface area (Å²) in [5.41, 5.74) is 2.08. The molecule has 192 valence electrons. The number of likely N-dealkylation sites (tertiary alicyclic amines) is 1. The molecular weight excluding hydrogens is 491 g/mol. The van der Waals surface area contributed by atoms with E-state index in [1.165, 1.54) is 6.33 Å². The van der Waals surface area contributed by atoms with Gasteiger partial charge in [0, 0.05) is 11.6 Å². The third-order valence-corrected chi connectivity index (χ3v) is 6.93. The van der Waals surface area contributed by atoms with Crippen LogP contribution in [-0.4, -0.2) is 32.2 Å². The van der Waals surface area contributed by atoms with Crippen LogP contribution in [0.1, 0.15) is 71.9 Å². The maximum atomic E-state index is 13.4. The second-order valence-corrected chi connectivity index (χ2v) is 9.62. The zero-order chi connectivity index (χ0) is 26.0. The standard InChI is InChI=1S/C26H29ClF3N5O/c1-4-21(23-16(2)12-19(13-17(23)3)26(28,29)30)33-25(36)34-11-5-6-22(34)24-31-15-32-35(24)14-18-7-9-20(27)10-8-18/h7-10,12-13,15,21-22H,4-6,11,14H2,1-3H3,(H,33,36)/t21-,22?/m0/s1. The van der Waals surface area contributed by atoms with Gasteiger partial charge in [0.25, 0.3) is 0 Å². The maximum absolute atomic E-state index is 13.4. The van der Waals surface area contributed by atoms with E-state index in [0.29, 0.717) is 41.5 Å². The Morgan fingerprint density at radius 3 is 2.47 bits per heavy atom. The molecular formula is C26H29ClF3N5O. The summed E-state index contributed by atoms with van der Waals surface area (Å²) in [5.74, 6) is 0.701. The van der Waals surface area contributed by atoms with Crippen LogP contribution in [0, 0.1) is 13.8 Å². The molecule has 1 saturated heterocycles. The second kappa shape index (κ2) is 10.5. The van der Waals surface area contributed by atoms with Gasteiger partial charge in [-0.1, -0.05) is 30.7 Å². The molecule has 36 heavy (non-hydrogen) atoms. The highest BCUT2D eigenvalue weighted by molar-refractivity contribution is 6.30. The quantitative estimate of drug-likeness (QED) is 0.398. The molecule has 2 atom stereocenters. The predicted octanol–water partition coefficient (Wildman–Crippen LogP) is 6.61. The van der Waals surface area contributed by atoms with Crippen molar-refractivity contribution < 1.29 is 18.0 Å². The summed E-state index contributed by atoms with van der Waals surface area (Å²) in [6.45, 7) is 6.28. The van der Waals surface area contributed by atoms with Crippen molar-refractivity contribution in [1.82, 2.24) is 25.0 Å². The number of hydrogen-bond donors (Lipinski definition) is 1. The minimum absolute atomic E-state index is 0.243. The van der Waals surface area contributed by atoms with E-state index in [1.807, 2.05) is 31.2 Å². The second-order valence-electron chi connectivity index (χ2n) is 9.19. The van der Waals surface area contributed by atoms with Crippen LogP contribution in [0.4, 0.5) is 18.0 Å². The van der Waals surface area contributed by atoms with E-state index in [9.17, 15) is 18.0 Å². The minimum Gasteiger partial charge on any atom is -0.331 e. The first-order valence-corrected chi connectivity index (χ1v) is 12.3. The smallest absolute Gasteiger partial charge is 0.331 e. The first-order valence-electron chi connectivity index (χ1n) is 12.0. The van der Waals surface area contributed by atoms with Gasteiger partial charge in [0.05, 0.1) is 24.2 Å². The summed E-state index contributed by atoms with van der Waals surface area (Å²) in [6, 6.07) is 8.87. The molecule has 0 aliphatic carbocycles. The van der Waals surface area contributed by atoms with Crippen molar-refractivity contribution in [3.63, 3.8) is 0 Å². The number of aryl methyl sites for hydroxylation is 2. The molecule has 4 rings (SSSR count). The van der Waals surface area contributed by atoms with Crippen LogP contribution in [0.15, 0.2) is 42.7 Å². The molecule has 0 spiro atoms. The number of nitrogens with zero attached hydrogens (tertiary/aromatic N) is 4. The van der Waals surface area contributed by atoms with Gasteiger partial charge in [-0.15, -0.1) is 0 Å². The maximum Gasteiger partial charge on any atom is 0.416 e. The van der Waals surface area contributed by atoms with Gasteiger partial charge in [-0.2, -0.15) is 18.3 Å². The van der Waals surface area contributed by atoms with Gasteiger partial charge in [-0.3, -0.25) is 0 Å². The minimum atomic E-state index is -4.41. The number of carbonyl (C=O) groups is 1. The first kappa shape index (κ1) is 26.0. The van der Waals surface area contributed by atoms with Crippen LogP contribution in [0.3, 0.4) is 0 Å². The van der Waals surface area contributed by atoms with E-state index in [1.54, 1.807) is 23.4 Å². The van der Waals surface area contributed by atoms with Crippen LogP contribution < -0.4 is 5.32 Å². The van der Waals surface area contributed by atoms with Crippen molar-refractivity contribution in [2.45, 2.75) is 64.8 Å². The fourth-order valence-electron chi connectivity index (χ4n) is 4.99. The molecule has 2 amide bonds. The molecule has 0 radical (unpaired) electrons. The lowest BCUT2D eigenvalue weighted by Gasteiger charge is -2.29. The fraction of sp³-hybridized carbons (Fsp3) is 0.423. The average Bonchev–Trinajstić information content (AvgIpc) is 3.48. The normalized spacial score (nSPS) is 16.9. The summed E-state index contributed by atoms with van der Waals surface area (Å²) in [5, 5.41) is 8.09. The molecule has 2 aromatic carbocycles. The van der Waals surface area contributed by atoms with Gasteiger partial charge >= 0.3 is 12.2 Å². The molecule has 2 heterocycles. The van der Waals surface area contributed by atoms with Gasteiger partial charge in [0.15, 0.2) is 0 Å². The van der Waals surface area contributed by atoms with Gasteiger partial charge in [-0.05, 0) is 79.6 Å². The number of rotatable bonds is 6. The van der Waals surface area contributed by atoms with Crippen LogP contribution in [0.25, 0.3) is 0 Å². The molecule has 1 aromatic heterocycles. The number of hydrogen-bond acceptors (Lipinski definition) is 3. The number of aromatic nitrogens is 3. The largest absolute Gasteiger partial charge is 0.416 e. The van der Waals surface area contributed by atoms with E-state index in [-0.39, 0.29) is 12.1 Å². The van der Waals surface area contributed by atoms with E-state index in [0.717, 1.165) is 36.1 Å². The topological polar surface area (TPSA) is 63.1 Å². The molecule has 1 unspecified atom stereocenters. The highest BCUT2D eigenvalue weighted by atomic mass is 35.5. The Morgan fingerprint density at radius 2 is 1.86 bits per heavy atom. The number of benzene rings is 2. The van der Waals surface area contributed by atoms with Crippen molar-refractivity contribution in [3.8, 4) is 0 Å². The Labute approximate surface area is 213 Å². The van der Waals surface area contributed by atoms with Gasteiger partial charge < -0.3 is 10.2 Å². The number of carbonyl (C=O) groups excluding carboxylic acids is 1. The van der Waals surface area contributed by atoms with Crippen LogP contribution in [0.5, 0.6) is 0 Å². The van der Waals surface area contributed by atoms with Crippen LogP contribution in [-0.2, 0) is 12.7 Å². The number of alkyl halides is 3.